The van der Waals surface area contributed by atoms with Crippen LogP contribution in [0.3, 0.4) is 0 Å². The maximum atomic E-state index is 10.8. The van der Waals surface area contributed by atoms with Crippen LogP contribution in [0, 0.1) is 0 Å². The number of fused-ring (bicyclic) bond motifs is 2. The van der Waals surface area contributed by atoms with Gasteiger partial charge in [-0.1, -0.05) is 6.07 Å². The number of methoxy groups -OCH3 is 2. The first-order valence-electron chi connectivity index (χ1n) is 10.2. The van der Waals surface area contributed by atoms with E-state index in [0.29, 0.717) is 22.5 Å². The summed E-state index contributed by atoms with van der Waals surface area (Å²) in [7, 11) is 3.31. The van der Waals surface area contributed by atoms with Crippen molar-refractivity contribution in [2.24, 2.45) is 5.10 Å². The van der Waals surface area contributed by atoms with Crippen LogP contribution in [0.5, 0.6) is 17.4 Å². The molecule has 5 rings (SSSR count). The lowest BCUT2D eigenvalue weighted by Gasteiger charge is -2.24. The van der Waals surface area contributed by atoms with E-state index in [9.17, 15) is 5.11 Å². The Hall–Kier alpha value is -3.35. The molecule has 2 N–H and O–H groups in total. The van der Waals surface area contributed by atoms with Gasteiger partial charge in [0.15, 0.2) is 0 Å². The molecule has 1 aliphatic heterocycles. The van der Waals surface area contributed by atoms with Crippen molar-refractivity contribution in [1.82, 2.24) is 15.4 Å². The molecule has 1 aromatic heterocycles. The van der Waals surface area contributed by atoms with Gasteiger partial charge in [-0.3, -0.25) is 0 Å². The lowest BCUT2D eigenvalue weighted by Crippen LogP contribution is -2.16. The maximum Gasteiger partial charge on any atom is 0.222 e. The van der Waals surface area contributed by atoms with Gasteiger partial charge in [-0.2, -0.15) is 10.1 Å². The fourth-order valence-corrected chi connectivity index (χ4v) is 4.41. The molecule has 0 bridgehead atoms. The Morgan fingerprint density at radius 3 is 2.73 bits per heavy atom. The Bertz CT molecular complexity index is 1140. The normalized spacial score (nSPS) is 20.1. The summed E-state index contributed by atoms with van der Waals surface area (Å²) in [5, 5.41) is 15.5. The summed E-state index contributed by atoms with van der Waals surface area (Å²) in [6.07, 6.45) is 4.58. The van der Waals surface area contributed by atoms with E-state index >= 15 is 0 Å². The van der Waals surface area contributed by atoms with Crippen LogP contribution in [-0.2, 0) is 12.8 Å². The molecule has 0 saturated carbocycles. The summed E-state index contributed by atoms with van der Waals surface area (Å²) < 4.78 is 11.0. The summed E-state index contributed by atoms with van der Waals surface area (Å²) in [4.78, 5) is 9.33. The molecule has 7 heteroatoms. The molecule has 0 radical (unpaired) electrons. The highest BCUT2D eigenvalue weighted by Crippen LogP contribution is 2.38. The Balaban J connectivity index is 1.54. The molecule has 7 nitrogen and oxygen atoms in total. The second-order valence-corrected chi connectivity index (χ2v) is 7.85. The largest absolute Gasteiger partial charge is 0.497 e. The van der Waals surface area contributed by atoms with Crippen LogP contribution < -0.4 is 14.9 Å². The SMILES string of the molecule is COc1ccc2c(c1)CC(c1nc(O)c3cc(C4C=NNC4)cc(OC)c3n1)CC2. The van der Waals surface area contributed by atoms with Crippen LogP contribution in [0.1, 0.15) is 40.8 Å². The van der Waals surface area contributed by atoms with Gasteiger partial charge in [-0.15, -0.1) is 0 Å². The van der Waals surface area contributed by atoms with Gasteiger partial charge in [0.05, 0.1) is 19.6 Å². The van der Waals surface area contributed by atoms with Gasteiger partial charge in [0.1, 0.15) is 22.8 Å². The number of nitrogens with one attached hydrogen (secondary N) is 1. The number of hydrogen-bond donors (Lipinski definition) is 2. The first kappa shape index (κ1) is 18.7. The van der Waals surface area contributed by atoms with Crippen molar-refractivity contribution in [3.8, 4) is 17.4 Å². The van der Waals surface area contributed by atoms with E-state index in [0.717, 1.165) is 37.1 Å². The van der Waals surface area contributed by atoms with E-state index in [1.807, 2.05) is 24.4 Å². The zero-order valence-electron chi connectivity index (χ0n) is 17.1. The molecule has 0 spiro atoms. The van der Waals surface area contributed by atoms with Gasteiger partial charge in [0.2, 0.25) is 5.88 Å². The van der Waals surface area contributed by atoms with E-state index in [1.54, 1.807) is 14.2 Å². The third-order valence-corrected chi connectivity index (χ3v) is 6.10. The smallest absolute Gasteiger partial charge is 0.222 e. The van der Waals surface area contributed by atoms with Crippen LogP contribution in [0.25, 0.3) is 10.9 Å². The highest BCUT2D eigenvalue weighted by atomic mass is 16.5. The molecule has 0 amide bonds. The van der Waals surface area contributed by atoms with Crippen molar-refractivity contribution in [3.05, 3.63) is 52.8 Å². The quantitative estimate of drug-likeness (QED) is 0.694. The van der Waals surface area contributed by atoms with Crippen LogP contribution >= 0.6 is 0 Å². The molecule has 2 atom stereocenters. The third kappa shape index (κ3) is 3.20. The minimum absolute atomic E-state index is 0.00511. The molecular weight excluding hydrogens is 380 g/mol. The molecule has 0 saturated heterocycles. The summed E-state index contributed by atoms with van der Waals surface area (Å²) in [6.45, 7) is 0.722. The third-order valence-electron chi connectivity index (χ3n) is 6.10. The first-order valence-corrected chi connectivity index (χ1v) is 10.2. The molecule has 2 unspecified atom stereocenters. The van der Waals surface area contributed by atoms with Gasteiger partial charge in [0, 0.05) is 24.6 Å². The Morgan fingerprint density at radius 2 is 1.97 bits per heavy atom. The van der Waals surface area contributed by atoms with E-state index in [4.69, 9.17) is 14.5 Å². The average molecular weight is 404 g/mol. The molecule has 0 fully saturated rings. The van der Waals surface area contributed by atoms with Crippen LogP contribution in [0.4, 0.5) is 0 Å². The second-order valence-electron chi connectivity index (χ2n) is 7.85. The Kier molecular flexibility index (Phi) is 4.65. The molecule has 2 aromatic carbocycles. The lowest BCUT2D eigenvalue weighted by molar-refractivity contribution is 0.412. The van der Waals surface area contributed by atoms with Crippen molar-refractivity contribution in [2.75, 3.05) is 20.8 Å². The summed E-state index contributed by atoms with van der Waals surface area (Å²) in [5.41, 5.74) is 7.21. The molecule has 2 aliphatic rings. The van der Waals surface area contributed by atoms with Crippen molar-refractivity contribution < 1.29 is 14.6 Å². The van der Waals surface area contributed by atoms with Gasteiger partial charge < -0.3 is 20.0 Å². The van der Waals surface area contributed by atoms with Gasteiger partial charge in [-0.05, 0) is 60.2 Å². The fraction of sp³-hybridized carbons (Fsp3) is 0.348. The van der Waals surface area contributed by atoms with Crippen LogP contribution in [0.15, 0.2) is 35.4 Å². The van der Waals surface area contributed by atoms with Gasteiger partial charge in [0.25, 0.3) is 0 Å². The lowest BCUT2D eigenvalue weighted by atomic mass is 9.83. The van der Waals surface area contributed by atoms with E-state index in [-0.39, 0.29) is 17.7 Å². The number of ether oxygens (including phenoxy) is 2. The van der Waals surface area contributed by atoms with Gasteiger partial charge >= 0.3 is 0 Å². The standard InChI is InChI=1S/C23H24N4O3/c1-29-18-6-5-13-3-4-14(7-15(13)8-18)22-26-21-19(23(28)27-22)9-16(10-20(21)30-2)17-11-24-25-12-17/h5-6,8-11,14,17,25H,3-4,7,12H2,1-2H3,(H,26,27,28). The number of hydrogen-bond acceptors (Lipinski definition) is 7. The monoisotopic (exact) mass is 404 g/mol. The van der Waals surface area contributed by atoms with Crippen molar-refractivity contribution in [3.63, 3.8) is 0 Å². The predicted molar refractivity (Wildman–Crippen MR) is 115 cm³/mol. The molecule has 30 heavy (non-hydrogen) atoms. The number of rotatable bonds is 4. The van der Waals surface area contributed by atoms with Crippen molar-refractivity contribution >= 4 is 17.1 Å². The first-order chi connectivity index (χ1) is 14.7. The minimum atomic E-state index is -0.00511. The molecule has 154 valence electrons. The summed E-state index contributed by atoms with van der Waals surface area (Å²) >= 11 is 0. The average Bonchev–Trinajstić information content (AvgIpc) is 3.32. The van der Waals surface area contributed by atoms with E-state index in [2.05, 4.69) is 27.6 Å². The number of benzene rings is 2. The number of aromatic hydroxyl groups is 1. The zero-order chi connectivity index (χ0) is 20.7. The molecule has 1 aliphatic carbocycles. The maximum absolute atomic E-state index is 10.8. The number of aromatic nitrogens is 2. The highest BCUT2D eigenvalue weighted by Gasteiger charge is 2.25. The van der Waals surface area contributed by atoms with Crippen LogP contribution in [0.2, 0.25) is 0 Å². The van der Waals surface area contributed by atoms with Crippen molar-refractivity contribution in [2.45, 2.75) is 31.1 Å². The van der Waals surface area contributed by atoms with Crippen molar-refractivity contribution in [1.29, 1.82) is 0 Å². The van der Waals surface area contributed by atoms with Gasteiger partial charge in [-0.25, -0.2) is 4.98 Å². The Labute approximate surface area is 174 Å². The number of nitrogens with zero attached hydrogens (tertiary/aromatic N) is 3. The minimum Gasteiger partial charge on any atom is -0.497 e. The molecule has 3 aromatic rings. The number of aryl methyl sites for hydroxylation is 1. The summed E-state index contributed by atoms with van der Waals surface area (Å²) in [6, 6.07) is 10.1. The van der Waals surface area contributed by atoms with Crippen LogP contribution in [-0.4, -0.2) is 42.1 Å². The fourth-order valence-electron chi connectivity index (χ4n) is 4.41. The topological polar surface area (TPSA) is 88.9 Å². The summed E-state index contributed by atoms with van der Waals surface area (Å²) in [5.74, 6) is 2.41. The van der Waals surface area contributed by atoms with E-state index in [1.165, 1.54) is 11.1 Å². The Morgan fingerprint density at radius 1 is 1.07 bits per heavy atom. The molecule has 2 heterocycles. The van der Waals surface area contributed by atoms with E-state index < -0.39 is 0 Å². The second kappa shape index (κ2) is 7.48. The number of hydrazone groups is 1. The highest BCUT2D eigenvalue weighted by molar-refractivity contribution is 5.90. The molecular formula is C23H24N4O3. The zero-order valence-corrected chi connectivity index (χ0v) is 17.1. The predicted octanol–water partition coefficient (Wildman–Crippen LogP) is 3.30.